The summed E-state index contributed by atoms with van der Waals surface area (Å²) >= 11 is 0. The van der Waals surface area contributed by atoms with Crippen LogP contribution in [0.5, 0.6) is 0 Å². The van der Waals surface area contributed by atoms with Gasteiger partial charge in [-0.1, -0.05) is 58.3 Å². The summed E-state index contributed by atoms with van der Waals surface area (Å²) in [6.07, 6.45) is 14.4. The Labute approximate surface area is 97.2 Å². The van der Waals surface area contributed by atoms with E-state index in [-0.39, 0.29) is 0 Å². The lowest BCUT2D eigenvalue weighted by molar-refractivity contribution is 0.502. The fourth-order valence-electron chi connectivity index (χ4n) is 1.92. The number of hydrogen-bond acceptors (Lipinski definition) is 1. The van der Waals surface area contributed by atoms with Crippen LogP contribution in [0.25, 0.3) is 0 Å². The van der Waals surface area contributed by atoms with Crippen molar-refractivity contribution in [2.75, 3.05) is 20.6 Å². The number of hydrogen-bond donors (Lipinski definition) is 0. The molecule has 15 heavy (non-hydrogen) atoms. The van der Waals surface area contributed by atoms with Gasteiger partial charge in [0.1, 0.15) is 20.6 Å². The molecular formula is C14H31N+. The van der Waals surface area contributed by atoms with Gasteiger partial charge in [-0.3, -0.25) is 0 Å². The Morgan fingerprint density at radius 3 is 1.40 bits per heavy atom. The van der Waals surface area contributed by atoms with Crippen LogP contribution in [0.15, 0.2) is 0 Å². The van der Waals surface area contributed by atoms with Crippen LogP contribution in [0.1, 0.15) is 71.1 Å². The maximum Gasteiger partial charge on any atom is 0.122 e. The van der Waals surface area contributed by atoms with E-state index in [4.69, 9.17) is 0 Å². The Morgan fingerprint density at radius 1 is 0.600 bits per heavy atom. The Bertz CT molecular complexity index is 110. The highest BCUT2D eigenvalue weighted by atomic mass is 15.0. The second-order valence-electron chi connectivity index (χ2n) is 4.99. The molecule has 0 atom stereocenters. The third kappa shape index (κ3) is 14.0. The summed E-state index contributed by atoms with van der Waals surface area (Å²) in [5.41, 5.74) is 0. The molecule has 1 nitrogen and oxygen atoms in total. The van der Waals surface area contributed by atoms with E-state index < -0.39 is 0 Å². The molecule has 0 fully saturated rings. The van der Waals surface area contributed by atoms with Crippen molar-refractivity contribution in [3.63, 3.8) is 0 Å². The van der Waals surface area contributed by atoms with E-state index in [1.807, 2.05) is 0 Å². The van der Waals surface area contributed by atoms with Crippen molar-refractivity contribution in [2.45, 2.75) is 71.1 Å². The molecule has 0 saturated carbocycles. The number of unbranched alkanes of at least 4 members (excludes halogenated alkanes) is 9. The van der Waals surface area contributed by atoms with Gasteiger partial charge in [0.2, 0.25) is 0 Å². The molecule has 0 amide bonds. The van der Waals surface area contributed by atoms with Crippen molar-refractivity contribution < 1.29 is 0 Å². The third-order valence-corrected chi connectivity index (χ3v) is 2.96. The van der Waals surface area contributed by atoms with Gasteiger partial charge in [0, 0.05) is 6.42 Å². The summed E-state index contributed by atoms with van der Waals surface area (Å²) in [6.45, 7) is 3.54. The van der Waals surface area contributed by atoms with Crippen molar-refractivity contribution in [3.05, 3.63) is 0 Å². The minimum atomic E-state index is 1.26. The predicted molar refractivity (Wildman–Crippen MR) is 70.7 cm³/mol. The highest BCUT2D eigenvalue weighted by Gasteiger charge is 1.97. The van der Waals surface area contributed by atoms with E-state index >= 15 is 0 Å². The minimum absolute atomic E-state index is 1.26. The van der Waals surface area contributed by atoms with Gasteiger partial charge in [-0.15, -0.1) is 0 Å². The van der Waals surface area contributed by atoms with Gasteiger partial charge in [0.05, 0.1) is 0 Å². The highest BCUT2D eigenvalue weighted by molar-refractivity contribution is 4.51. The second-order valence-corrected chi connectivity index (χ2v) is 4.99. The molecule has 0 aliphatic rings. The zero-order valence-corrected chi connectivity index (χ0v) is 11.2. The molecule has 0 N–H and O–H groups in total. The number of nitrogens with zero attached hydrogens (tertiary/aromatic N) is 1. The van der Waals surface area contributed by atoms with Crippen LogP contribution >= 0.6 is 0 Å². The zero-order valence-electron chi connectivity index (χ0n) is 11.2. The second kappa shape index (κ2) is 12.0. The first-order chi connectivity index (χ1) is 7.27. The molecule has 0 aliphatic heterocycles. The molecule has 0 aromatic rings. The molecular weight excluding hydrogens is 182 g/mol. The lowest BCUT2D eigenvalue weighted by Gasteiger charge is -2.02. The fraction of sp³-hybridized carbons (Fsp3) is 1.00. The number of rotatable bonds is 11. The van der Waals surface area contributed by atoms with Gasteiger partial charge < -0.3 is 0 Å². The van der Waals surface area contributed by atoms with Crippen molar-refractivity contribution in [2.24, 2.45) is 0 Å². The Kier molecular flexibility index (Phi) is 12.0. The molecule has 0 bridgehead atoms. The molecule has 0 unspecified atom stereocenters. The van der Waals surface area contributed by atoms with Crippen LogP contribution in [0.4, 0.5) is 0 Å². The standard InChI is InChI=1S/C14H31N/c1-4-5-6-7-8-9-10-11-12-13-14-15(2)3/h4-14H2,1-3H3/q+1. The summed E-state index contributed by atoms with van der Waals surface area (Å²) in [7, 11) is 4.32. The van der Waals surface area contributed by atoms with Gasteiger partial charge >= 0.3 is 0 Å². The smallest absolute Gasteiger partial charge is 0.122 e. The lowest BCUT2D eigenvalue weighted by atomic mass is 10.1. The Morgan fingerprint density at radius 2 is 1.00 bits per heavy atom. The van der Waals surface area contributed by atoms with Crippen molar-refractivity contribution in [1.82, 2.24) is 4.90 Å². The normalized spacial score (nSPS) is 11.2. The van der Waals surface area contributed by atoms with Gasteiger partial charge in [-0.25, -0.2) is 0 Å². The predicted octanol–water partition coefficient (Wildman–Crippen LogP) is 4.31. The Balaban J connectivity index is 2.87. The maximum atomic E-state index is 2.28. The van der Waals surface area contributed by atoms with Crippen LogP contribution in [0, 0.1) is 0 Å². The summed E-state index contributed by atoms with van der Waals surface area (Å²) < 4.78 is 0. The highest BCUT2D eigenvalue weighted by Crippen LogP contribution is 2.10. The van der Waals surface area contributed by atoms with Gasteiger partial charge in [0.15, 0.2) is 0 Å². The quantitative estimate of drug-likeness (QED) is 0.356. The van der Waals surface area contributed by atoms with E-state index in [1.54, 1.807) is 0 Å². The largest absolute Gasteiger partial charge is 0.175 e. The van der Waals surface area contributed by atoms with E-state index in [1.165, 1.54) is 70.8 Å². The fourth-order valence-corrected chi connectivity index (χ4v) is 1.92. The average Bonchev–Trinajstić information content (AvgIpc) is 2.20. The SMILES string of the molecule is CCCCCCCCCCCC[N+](C)C. The average molecular weight is 213 g/mol. The van der Waals surface area contributed by atoms with Gasteiger partial charge in [-0.2, -0.15) is 4.90 Å². The first kappa shape index (κ1) is 15.0. The molecule has 0 aliphatic carbocycles. The molecule has 0 rings (SSSR count). The third-order valence-electron chi connectivity index (χ3n) is 2.96. The van der Waals surface area contributed by atoms with Crippen LogP contribution in [0.3, 0.4) is 0 Å². The maximum absolute atomic E-state index is 2.28. The van der Waals surface area contributed by atoms with Crippen LogP contribution in [-0.2, 0) is 0 Å². The van der Waals surface area contributed by atoms with Crippen molar-refractivity contribution >= 4 is 0 Å². The van der Waals surface area contributed by atoms with Crippen molar-refractivity contribution in [1.29, 1.82) is 0 Å². The summed E-state index contributed by atoms with van der Waals surface area (Å²) in [4.78, 5) is 2.28. The molecule has 0 spiro atoms. The van der Waals surface area contributed by atoms with Gasteiger partial charge in [0.25, 0.3) is 0 Å². The molecule has 0 heterocycles. The van der Waals surface area contributed by atoms with Crippen molar-refractivity contribution in [3.8, 4) is 0 Å². The van der Waals surface area contributed by atoms with E-state index in [9.17, 15) is 0 Å². The van der Waals surface area contributed by atoms with Crippen LogP contribution in [0.2, 0.25) is 0 Å². The molecule has 1 heteroatoms. The molecule has 0 saturated heterocycles. The zero-order chi connectivity index (χ0) is 11.4. The Hall–Kier alpha value is -0.0400. The first-order valence-electron chi connectivity index (χ1n) is 6.92. The lowest BCUT2D eigenvalue weighted by Crippen LogP contribution is -2.19. The van der Waals surface area contributed by atoms with E-state index in [0.29, 0.717) is 0 Å². The van der Waals surface area contributed by atoms with Gasteiger partial charge in [-0.05, 0) is 6.42 Å². The monoisotopic (exact) mass is 213 g/mol. The molecule has 0 aromatic carbocycles. The molecule has 91 valence electrons. The summed E-state index contributed by atoms with van der Waals surface area (Å²) in [6, 6.07) is 0. The summed E-state index contributed by atoms with van der Waals surface area (Å²) in [5, 5.41) is 0. The topological polar surface area (TPSA) is 5.90 Å². The minimum Gasteiger partial charge on any atom is -0.175 e. The van der Waals surface area contributed by atoms with Crippen LogP contribution < -0.4 is 4.90 Å². The summed E-state index contributed by atoms with van der Waals surface area (Å²) in [5.74, 6) is 0. The van der Waals surface area contributed by atoms with E-state index in [2.05, 4.69) is 25.9 Å². The molecule has 1 radical (unpaired) electrons. The molecule has 0 aromatic heterocycles. The first-order valence-corrected chi connectivity index (χ1v) is 6.92. The van der Waals surface area contributed by atoms with Crippen LogP contribution in [-0.4, -0.2) is 20.6 Å². The van der Waals surface area contributed by atoms with E-state index in [0.717, 1.165) is 0 Å².